The van der Waals surface area contributed by atoms with Crippen LogP contribution in [0.25, 0.3) is 11.3 Å². The van der Waals surface area contributed by atoms with E-state index in [1.54, 1.807) is 6.92 Å². The van der Waals surface area contributed by atoms with Gasteiger partial charge in [-0.15, -0.1) is 22.9 Å². The number of carbonyl (C=O) groups is 1. The summed E-state index contributed by atoms with van der Waals surface area (Å²) in [5.41, 5.74) is 2.90. The smallest absolute Gasteiger partial charge is 0.243 e. The molecular weight excluding hydrogens is 320 g/mol. The first kappa shape index (κ1) is 15.3. The van der Waals surface area contributed by atoms with E-state index in [9.17, 15) is 4.79 Å². The molecule has 1 aliphatic rings. The zero-order valence-corrected chi connectivity index (χ0v) is 14.2. The summed E-state index contributed by atoms with van der Waals surface area (Å²) in [7, 11) is 0. The number of anilines is 1. The highest BCUT2D eigenvalue weighted by Crippen LogP contribution is 2.37. The van der Waals surface area contributed by atoms with E-state index < -0.39 is 5.38 Å². The second-order valence-corrected chi connectivity index (χ2v) is 7.52. The summed E-state index contributed by atoms with van der Waals surface area (Å²) in [6.45, 7) is 5.79. The van der Waals surface area contributed by atoms with Crippen LogP contribution >= 0.6 is 22.9 Å². The molecule has 0 radical (unpaired) electrons. The van der Waals surface area contributed by atoms with E-state index in [0.717, 1.165) is 23.4 Å². The predicted molar refractivity (Wildman–Crippen MR) is 89.9 cm³/mol. The Labute approximate surface area is 138 Å². The Morgan fingerprint density at radius 1 is 1.50 bits per heavy atom. The number of hydrogen-bond acceptors (Lipinski definition) is 4. The first-order chi connectivity index (χ1) is 10.3. The molecule has 4 nitrogen and oxygen atoms in total. The molecule has 0 spiro atoms. The number of halogens is 1. The maximum Gasteiger partial charge on any atom is 0.243 e. The van der Waals surface area contributed by atoms with Crippen LogP contribution in [0.1, 0.15) is 26.3 Å². The van der Waals surface area contributed by atoms with Gasteiger partial charge in [0.05, 0.1) is 5.69 Å². The van der Waals surface area contributed by atoms with Crippen LogP contribution in [0.15, 0.2) is 23.6 Å². The third-order valence-corrected chi connectivity index (χ3v) is 4.41. The molecule has 1 aliphatic heterocycles. The normalized spacial score (nSPS) is 16.7. The van der Waals surface area contributed by atoms with Gasteiger partial charge in [0.1, 0.15) is 16.7 Å². The van der Waals surface area contributed by atoms with Gasteiger partial charge in [-0.2, -0.15) is 0 Å². The van der Waals surface area contributed by atoms with E-state index in [0.29, 0.717) is 5.13 Å². The van der Waals surface area contributed by atoms with Gasteiger partial charge in [-0.05, 0) is 44.5 Å². The molecule has 1 amide bonds. The van der Waals surface area contributed by atoms with E-state index >= 15 is 0 Å². The van der Waals surface area contributed by atoms with Crippen molar-refractivity contribution in [2.24, 2.45) is 0 Å². The lowest BCUT2D eigenvalue weighted by Gasteiger charge is -2.16. The van der Waals surface area contributed by atoms with Crippen LogP contribution in [0.3, 0.4) is 0 Å². The van der Waals surface area contributed by atoms with E-state index in [-0.39, 0.29) is 11.5 Å². The predicted octanol–water partition coefficient (Wildman–Crippen LogP) is 4.09. The van der Waals surface area contributed by atoms with Crippen molar-refractivity contribution >= 4 is 34.0 Å². The van der Waals surface area contributed by atoms with Crippen LogP contribution in [-0.4, -0.2) is 21.9 Å². The summed E-state index contributed by atoms with van der Waals surface area (Å²) in [5, 5.41) is 4.62. The minimum Gasteiger partial charge on any atom is -0.487 e. The molecule has 0 fully saturated rings. The van der Waals surface area contributed by atoms with Gasteiger partial charge in [0, 0.05) is 17.4 Å². The third kappa shape index (κ3) is 3.10. The molecule has 6 heteroatoms. The van der Waals surface area contributed by atoms with Crippen molar-refractivity contribution in [2.45, 2.75) is 38.2 Å². The average molecular weight is 337 g/mol. The maximum atomic E-state index is 11.6. The summed E-state index contributed by atoms with van der Waals surface area (Å²) in [4.78, 5) is 16.0. The van der Waals surface area contributed by atoms with Crippen molar-refractivity contribution in [1.29, 1.82) is 0 Å². The van der Waals surface area contributed by atoms with E-state index in [1.807, 2.05) is 17.5 Å². The molecule has 0 saturated heterocycles. The molecule has 1 atom stereocenters. The van der Waals surface area contributed by atoms with Gasteiger partial charge in [-0.1, -0.05) is 0 Å². The van der Waals surface area contributed by atoms with Gasteiger partial charge in [0.15, 0.2) is 5.13 Å². The number of ether oxygens (including phenoxy) is 1. The summed E-state index contributed by atoms with van der Waals surface area (Å²) < 4.78 is 5.88. The monoisotopic (exact) mass is 336 g/mol. The van der Waals surface area contributed by atoms with Crippen LogP contribution in [-0.2, 0) is 11.2 Å². The molecular formula is C16H17ClN2O2S. The zero-order chi connectivity index (χ0) is 15.9. The highest BCUT2D eigenvalue weighted by Gasteiger charge is 2.30. The molecule has 2 heterocycles. The number of nitrogens with one attached hydrogen (secondary N) is 1. The number of hydrogen-bond donors (Lipinski definition) is 1. The van der Waals surface area contributed by atoms with Crippen molar-refractivity contribution in [3.8, 4) is 17.0 Å². The lowest BCUT2D eigenvalue weighted by Crippen LogP contribution is -2.24. The molecule has 3 rings (SSSR count). The van der Waals surface area contributed by atoms with Crippen LogP contribution in [0, 0.1) is 0 Å². The summed E-state index contributed by atoms with van der Waals surface area (Å²) in [6.07, 6.45) is 0.883. The molecule has 1 N–H and O–H groups in total. The fourth-order valence-corrected chi connectivity index (χ4v) is 3.21. The van der Waals surface area contributed by atoms with Gasteiger partial charge in [-0.25, -0.2) is 4.98 Å². The van der Waals surface area contributed by atoms with Crippen LogP contribution in [0.5, 0.6) is 5.75 Å². The fraction of sp³-hybridized carbons (Fsp3) is 0.375. The van der Waals surface area contributed by atoms with Gasteiger partial charge < -0.3 is 10.1 Å². The number of aromatic nitrogens is 1. The van der Waals surface area contributed by atoms with E-state index in [2.05, 4.69) is 30.2 Å². The van der Waals surface area contributed by atoms with E-state index in [4.69, 9.17) is 16.3 Å². The number of carbonyl (C=O) groups excluding carboxylic acids is 1. The number of nitrogens with zero attached hydrogens (tertiary/aromatic N) is 1. The molecule has 1 aromatic carbocycles. The number of thiazole rings is 1. The Bertz CT molecular complexity index is 725. The fourth-order valence-electron chi connectivity index (χ4n) is 2.44. The van der Waals surface area contributed by atoms with Crippen LogP contribution in [0.4, 0.5) is 5.13 Å². The second-order valence-electron chi connectivity index (χ2n) is 6.00. The number of rotatable bonds is 3. The largest absolute Gasteiger partial charge is 0.487 e. The van der Waals surface area contributed by atoms with Gasteiger partial charge in [0.25, 0.3) is 0 Å². The Morgan fingerprint density at radius 3 is 3.00 bits per heavy atom. The standard InChI is InChI=1S/C16H17ClN2O2S/c1-9(17)14(20)19-15-18-12(8-22-15)10-4-5-13-11(6-10)7-16(2,3)21-13/h4-6,8-9H,7H2,1-3H3,(H,18,19,20). The minimum absolute atomic E-state index is 0.154. The lowest BCUT2D eigenvalue weighted by molar-refractivity contribution is -0.115. The van der Waals surface area contributed by atoms with Crippen LogP contribution in [0.2, 0.25) is 0 Å². The first-order valence-corrected chi connectivity index (χ1v) is 8.38. The van der Waals surface area contributed by atoms with Crippen molar-refractivity contribution < 1.29 is 9.53 Å². The highest BCUT2D eigenvalue weighted by atomic mass is 35.5. The number of amides is 1. The Morgan fingerprint density at radius 2 is 2.27 bits per heavy atom. The Kier molecular flexibility index (Phi) is 3.87. The number of benzene rings is 1. The van der Waals surface area contributed by atoms with Gasteiger partial charge >= 0.3 is 0 Å². The third-order valence-electron chi connectivity index (χ3n) is 3.45. The molecule has 116 valence electrons. The van der Waals surface area contributed by atoms with E-state index in [1.165, 1.54) is 16.9 Å². The summed E-state index contributed by atoms with van der Waals surface area (Å²) >= 11 is 7.13. The molecule has 0 aliphatic carbocycles. The van der Waals surface area contributed by atoms with Crippen molar-refractivity contribution in [2.75, 3.05) is 5.32 Å². The maximum absolute atomic E-state index is 11.6. The molecule has 2 aromatic rings. The molecule has 1 unspecified atom stereocenters. The minimum atomic E-state index is -0.577. The molecule has 0 bridgehead atoms. The Hall–Kier alpha value is -1.59. The summed E-state index contributed by atoms with van der Waals surface area (Å²) in [5.74, 6) is 0.695. The Balaban J connectivity index is 1.82. The average Bonchev–Trinajstić information content (AvgIpc) is 2.99. The lowest BCUT2D eigenvalue weighted by atomic mass is 10.00. The van der Waals surface area contributed by atoms with Crippen LogP contribution < -0.4 is 10.1 Å². The zero-order valence-electron chi connectivity index (χ0n) is 12.6. The molecule has 1 aromatic heterocycles. The highest BCUT2D eigenvalue weighted by molar-refractivity contribution is 7.14. The quantitative estimate of drug-likeness (QED) is 0.859. The number of fused-ring (bicyclic) bond motifs is 1. The van der Waals surface area contributed by atoms with Gasteiger partial charge in [-0.3, -0.25) is 4.79 Å². The van der Waals surface area contributed by atoms with Crippen molar-refractivity contribution in [3.63, 3.8) is 0 Å². The number of alkyl halides is 1. The molecule has 22 heavy (non-hydrogen) atoms. The first-order valence-electron chi connectivity index (χ1n) is 7.07. The second kappa shape index (κ2) is 5.56. The van der Waals surface area contributed by atoms with Gasteiger partial charge in [0.2, 0.25) is 5.91 Å². The van der Waals surface area contributed by atoms with Crippen molar-refractivity contribution in [1.82, 2.24) is 4.98 Å². The SMILES string of the molecule is CC(Cl)C(=O)Nc1nc(-c2ccc3c(c2)CC(C)(C)O3)cs1. The summed E-state index contributed by atoms with van der Waals surface area (Å²) in [6, 6.07) is 6.08. The topological polar surface area (TPSA) is 51.2 Å². The molecule has 0 saturated carbocycles. The van der Waals surface area contributed by atoms with Crippen molar-refractivity contribution in [3.05, 3.63) is 29.1 Å².